The van der Waals surface area contributed by atoms with E-state index in [9.17, 15) is 4.79 Å². The molecule has 0 bridgehead atoms. The average Bonchev–Trinajstić information content (AvgIpc) is 3.29. The maximum Gasteiger partial charge on any atom is 0.231 e. The highest BCUT2D eigenvalue weighted by Crippen LogP contribution is 2.32. The lowest BCUT2D eigenvalue weighted by Crippen LogP contribution is -2.29. The molecule has 34 heavy (non-hydrogen) atoms. The number of hydrogen-bond donors (Lipinski definition) is 1. The number of para-hydroxylation sites is 1. The molecule has 0 fully saturated rings. The summed E-state index contributed by atoms with van der Waals surface area (Å²) < 4.78 is 23.4. The maximum atomic E-state index is 12.3. The van der Waals surface area contributed by atoms with Crippen LogP contribution in [-0.4, -0.2) is 60.2 Å². The second kappa shape index (κ2) is 10.5. The number of nitrogens with one attached hydrogen (secondary N) is 1. The topological polar surface area (TPSA) is 109 Å². The van der Waals surface area contributed by atoms with E-state index in [0.717, 1.165) is 5.56 Å². The van der Waals surface area contributed by atoms with Gasteiger partial charge in [-0.05, 0) is 30.3 Å². The number of carbonyl (C=O) groups excluding carboxylic acids is 1. The van der Waals surface area contributed by atoms with Crippen LogP contribution in [0.25, 0.3) is 17.0 Å². The number of amides is 1. The van der Waals surface area contributed by atoms with E-state index in [4.69, 9.17) is 18.9 Å². The molecule has 1 amide bonds. The van der Waals surface area contributed by atoms with Gasteiger partial charge >= 0.3 is 0 Å². The van der Waals surface area contributed by atoms with Gasteiger partial charge in [0.1, 0.15) is 23.9 Å². The standard InChI is InChI=1S/C24H25N5O5/c1-31-17-8-9-20(33-3)18(15-17)24-27-26-21-10-11-23(28-29(21)24)34-13-12-25-22(30)14-16-6-4-5-7-19(16)32-2/h4-11,15H,12-14H2,1-3H3,(H,25,30). The van der Waals surface area contributed by atoms with Gasteiger partial charge in [-0.15, -0.1) is 15.3 Å². The summed E-state index contributed by atoms with van der Waals surface area (Å²) in [6.07, 6.45) is 0.223. The van der Waals surface area contributed by atoms with E-state index < -0.39 is 0 Å². The number of nitrogens with zero attached hydrogens (tertiary/aromatic N) is 4. The van der Waals surface area contributed by atoms with Crippen molar-refractivity contribution < 1.29 is 23.7 Å². The Hall–Kier alpha value is -4.34. The monoisotopic (exact) mass is 463 g/mol. The van der Waals surface area contributed by atoms with E-state index in [1.165, 1.54) is 0 Å². The highest BCUT2D eigenvalue weighted by atomic mass is 16.5. The zero-order valence-corrected chi connectivity index (χ0v) is 19.1. The van der Waals surface area contributed by atoms with Gasteiger partial charge in [-0.3, -0.25) is 4.79 Å². The Labute approximate surface area is 196 Å². The molecule has 0 aliphatic rings. The first-order chi connectivity index (χ1) is 16.6. The first-order valence-corrected chi connectivity index (χ1v) is 10.6. The van der Waals surface area contributed by atoms with Crippen LogP contribution in [-0.2, 0) is 11.2 Å². The molecular weight excluding hydrogens is 438 g/mol. The van der Waals surface area contributed by atoms with Crippen LogP contribution in [0.5, 0.6) is 23.1 Å². The predicted molar refractivity (Wildman–Crippen MR) is 125 cm³/mol. The van der Waals surface area contributed by atoms with Crippen LogP contribution in [0.1, 0.15) is 5.56 Å². The quantitative estimate of drug-likeness (QED) is 0.358. The molecule has 0 aliphatic carbocycles. The second-order valence-corrected chi connectivity index (χ2v) is 7.22. The van der Waals surface area contributed by atoms with Gasteiger partial charge < -0.3 is 24.3 Å². The average molecular weight is 463 g/mol. The maximum absolute atomic E-state index is 12.3. The van der Waals surface area contributed by atoms with Crippen LogP contribution in [0.15, 0.2) is 54.6 Å². The van der Waals surface area contributed by atoms with Crippen molar-refractivity contribution in [3.63, 3.8) is 0 Å². The van der Waals surface area contributed by atoms with Gasteiger partial charge in [0.2, 0.25) is 11.8 Å². The van der Waals surface area contributed by atoms with E-state index >= 15 is 0 Å². The third-order valence-corrected chi connectivity index (χ3v) is 5.10. The van der Waals surface area contributed by atoms with Gasteiger partial charge in [-0.1, -0.05) is 18.2 Å². The number of fused-ring (bicyclic) bond motifs is 1. The van der Waals surface area contributed by atoms with Crippen LogP contribution < -0.4 is 24.3 Å². The van der Waals surface area contributed by atoms with Gasteiger partial charge in [0.05, 0.1) is 39.9 Å². The van der Waals surface area contributed by atoms with Crippen LogP contribution in [0.2, 0.25) is 0 Å². The molecule has 2 heterocycles. The van der Waals surface area contributed by atoms with Crippen LogP contribution >= 0.6 is 0 Å². The summed E-state index contributed by atoms with van der Waals surface area (Å²) in [6.45, 7) is 0.572. The van der Waals surface area contributed by atoms with Gasteiger partial charge in [-0.25, -0.2) is 0 Å². The van der Waals surface area contributed by atoms with Crippen LogP contribution in [0, 0.1) is 0 Å². The molecule has 0 unspecified atom stereocenters. The lowest BCUT2D eigenvalue weighted by Gasteiger charge is -2.10. The number of hydrogen-bond acceptors (Lipinski definition) is 8. The van der Waals surface area contributed by atoms with Crippen molar-refractivity contribution in [3.05, 3.63) is 60.2 Å². The minimum absolute atomic E-state index is 0.122. The SMILES string of the molecule is COc1ccc(OC)c(-c2nnc3ccc(OCCNC(=O)Cc4ccccc4OC)nn23)c1. The van der Waals surface area contributed by atoms with Crippen molar-refractivity contribution in [2.45, 2.75) is 6.42 Å². The van der Waals surface area contributed by atoms with Crippen molar-refractivity contribution in [1.82, 2.24) is 25.1 Å². The van der Waals surface area contributed by atoms with Crippen LogP contribution in [0.4, 0.5) is 0 Å². The Kier molecular flexibility index (Phi) is 7.07. The number of carbonyl (C=O) groups is 1. The molecule has 1 N–H and O–H groups in total. The summed E-state index contributed by atoms with van der Waals surface area (Å²) in [4.78, 5) is 12.3. The molecular formula is C24H25N5O5. The number of rotatable bonds is 10. The lowest BCUT2D eigenvalue weighted by molar-refractivity contribution is -0.120. The highest BCUT2D eigenvalue weighted by Gasteiger charge is 2.16. The minimum Gasteiger partial charge on any atom is -0.497 e. The van der Waals surface area contributed by atoms with E-state index in [2.05, 4.69) is 20.6 Å². The minimum atomic E-state index is -0.122. The Morgan fingerprint density at radius 2 is 1.76 bits per heavy atom. The van der Waals surface area contributed by atoms with Crippen molar-refractivity contribution in [2.75, 3.05) is 34.5 Å². The first kappa shape index (κ1) is 22.8. The molecule has 10 nitrogen and oxygen atoms in total. The number of aromatic nitrogens is 4. The normalized spacial score (nSPS) is 10.7. The van der Waals surface area contributed by atoms with E-state index in [-0.39, 0.29) is 18.9 Å². The summed E-state index contributed by atoms with van der Waals surface area (Å²) in [5, 5.41) is 15.8. The molecule has 0 spiro atoms. The molecule has 10 heteroatoms. The fourth-order valence-electron chi connectivity index (χ4n) is 3.44. The summed E-state index contributed by atoms with van der Waals surface area (Å²) in [7, 11) is 4.76. The van der Waals surface area contributed by atoms with Gasteiger partial charge in [0, 0.05) is 11.6 Å². The van der Waals surface area contributed by atoms with E-state index in [0.29, 0.717) is 46.7 Å². The zero-order chi connectivity index (χ0) is 23.9. The number of benzene rings is 2. The molecule has 0 saturated carbocycles. The Bertz CT molecular complexity index is 1290. The van der Waals surface area contributed by atoms with Crippen molar-refractivity contribution >= 4 is 11.6 Å². The van der Waals surface area contributed by atoms with Gasteiger partial charge in [0.15, 0.2) is 11.5 Å². The van der Waals surface area contributed by atoms with Crippen LogP contribution in [0.3, 0.4) is 0 Å². The Morgan fingerprint density at radius 3 is 2.56 bits per heavy atom. The molecule has 4 rings (SSSR count). The highest BCUT2D eigenvalue weighted by molar-refractivity contribution is 5.79. The van der Waals surface area contributed by atoms with E-state index in [1.54, 1.807) is 50.1 Å². The summed E-state index contributed by atoms with van der Waals surface area (Å²) >= 11 is 0. The summed E-state index contributed by atoms with van der Waals surface area (Å²) in [6, 6.07) is 16.3. The molecule has 4 aromatic rings. The first-order valence-electron chi connectivity index (χ1n) is 10.6. The van der Waals surface area contributed by atoms with Gasteiger partial charge in [0.25, 0.3) is 0 Å². The molecule has 2 aromatic carbocycles. The number of ether oxygens (including phenoxy) is 4. The molecule has 0 saturated heterocycles. The third-order valence-electron chi connectivity index (χ3n) is 5.10. The zero-order valence-electron chi connectivity index (χ0n) is 19.1. The molecule has 0 atom stereocenters. The molecule has 2 aromatic heterocycles. The molecule has 0 aliphatic heterocycles. The van der Waals surface area contributed by atoms with Crippen molar-refractivity contribution in [3.8, 4) is 34.5 Å². The molecule has 0 radical (unpaired) electrons. The third kappa shape index (κ3) is 5.01. The van der Waals surface area contributed by atoms with Gasteiger partial charge in [-0.2, -0.15) is 4.52 Å². The van der Waals surface area contributed by atoms with Crippen molar-refractivity contribution in [2.24, 2.45) is 0 Å². The largest absolute Gasteiger partial charge is 0.497 e. The predicted octanol–water partition coefficient (Wildman–Crippen LogP) is 2.55. The Balaban J connectivity index is 1.41. The molecule has 176 valence electrons. The lowest BCUT2D eigenvalue weighted by atomic mass is 10.1. The summed E-state index contributed by atoms with van der Waals surface area (Å²) in [5.41, 5.74) is 2.06. The Morgan fingerprint density at radius 1 is 0.941 bits per heavy atom. The number of methoxy groups -OCH3 is 3. The second-order valence-electron chi connectivity index (χ2n) is 7.22. The van der Waals surface area contributed by atoms with Crippen molar-refractivity contribution in [1.29, 1.82) is 0 Å². The summed E-state index contributed by atoms with van der Waals surface area (Å²) in [5.74, 6) is 2.69. The fourth-order valence-corrected chi connectivity index (χ4v) is 3.44. The fraction of sp³-hybridized carbons (Fsp3) is 0.250. The van der Waals surface area contributed by atoms with E-state index in [1.807, 2.05) is 30.3 Å². The smallest absolute Gasteiger partial charge is 0.231 e.